The molecule has 1 heterocycles. The second kappa shape index (κ2) is 4.33. The van der Waals surface area contributed by atoms with Gasteiger partial charge in [-0.2, -0.15) is 0 Å². The van der Waals surface area contributed by atoms with Gasteiger partial charge in [-0.3, -0.25) is 5.41 Å². The molecule has 2 rings (SSSR count). The van der Waals surface area contributed by atoms with E-state index < -0.39 is 0 Å². The molecule has 1 N–H and O–H groups in total. The minimum Gasteiger partial charge on any atom is -0.358 e. The van der Waals surface area contributed by atoms with Crippen LogP contribution in [0.1, 0.15) is 51.9 Å². The van der Waals surface area contributed by atoms with E-state index in [4.69, 9.17) is 5.41 Å². The molecule has 1 aliphatic carbocycles. The third kappa shape index (κ3) is 1.94. The van der Waals surface area contributed by atoms with Gasteiger partial charge < -0.3 is 4.90 Å². The molecule has 0 spiro atoms. The minimum atomic E-state index is 0.712. The van der Waals surface area contributed by atoms with Crippen molar-refractivity contribution < 1.29 is 0 Å². The number of hydrogen-bond acceptors (Lipinski definition) is 1. The Morgan fingerprint density at radius 2 is 2.21 bits per heavy atom. The Balaban J connectivity index is 1.93. The predicted molar refractivity (Wildman–Crippen MR) is 59.7 cm³/mol. The first kappa shape index (κ1) is 10.0. The van der Waals surface area contributed by atoms with E-state index >= 15 is 0 Å². The van der Waals surface area contributed by atoms with Crippen molar-refractivity contribution in [3.05, 3.63) is 0 Å². The van der Waals surface area contributed by atoms with Crippen LogP contribution in [0.25, 0.3) is 0 Å². The lowest BCUT2D eigenvalue weighted by molar-refractivity contribution is 0.204. The van der Waals surface area contributed by atoms with E-state index in [9.17, 15) is 0 Å². The Morgan fingerprint density at radius 3 is 2.86 bits per heavy atom. The normalized spacial score (nSPS) is 33.8. The molecule has 2 aliphatic rings. The smallest absolute Gasteiger partial charge is 0.0960 e. The molecule has 0 aromatic rings. The average molecular weight is 194 g/mol. The van der Waals surface area contributed by atoms with E-state index in [2.05, 4.69) is 11.8 Å². The van der Waals surface area contributed by atoms with E-state index in [0.717, 1.165) is 24.7 Å². The zero-order valence-electron chi connectivity index (χ0n) is 9.26. The Labute approximate surface area is 87.2 Å². The van der Waals surface area contributed by atoms with Gasteiger partial charge in [0, 0.05) is 19.0 Å². The maximum absolute atomic E-state index is 7.89. The van der Waals surface area contributed by atoms with Crippen LogP contribution < -0.4 is 0 Å². The highest BCUT2D eigenvalue weighted by atomic mass is 15.2. The van der Waals surface area contributed by atoms with E-state index in [1.807, 2.05) is 0 Å². The molecule has 0 amide bonds. The molecule has 1 saturated carbocycles. The van der Waals surface area contributed by atoms with E-state index in [1.54, 1.807) is 0 Å². The summed E-state index contributed by atoms with van der Waals surface area (Å²) in [6.45, 7) is 3.46. The van der Waals surface area contributed by atoms with Gasteiger partial charge in [0.1, 0.15) is 0 Å². The summed E-state index contributed by atoms with van der Waals surface area (Å²) in [5, 5.41) is 7.89. The molecular formula is C12H22N2. The van der Waals surface area contributed by atoms with Gasteiger partial charge in [-0.15, -0.1) is 0 Å². The lowest BCUT2D eigenvalue weighted by Gasteiger charge is -2.36. The van der Waals surface area contributed by atoms with Crippen molar-refractivity contribution in [1.82, 2.24) is 4.90 Å². The predicted octanol–water partition coefficient (Wildman–Crippen LogP) is 3.03. The molecule has 0 aromatic heterocycles. The molecule has 80 valence electrons. The third-order valence-electron chi connectivity index (χ3n) is 3.93. The molecule has 1 saturated heterocycles. The molecule has 0 bridgehead atoms. The maximum Gasteiger partial charge on any atom is 0.0960 e. The second-order valence-corrected chi connectivity index (χ2v) is 4.84. The lowest BCUT2D eigenvalue weighted by Crippen LogP contribution is -2.39. The topological polar surface area (TPSA) is 27.1 Å². The standard InChI is InChI=1S/C12H22N2/c1-2-10-5-3-6-11(9-10)14-8-4-7-12(14)13/h10-11,13H,2-9H2,1H3. The monoisotopic (exact) mass is 194 g/mol. The van der Waals surface area contributed by atoms with Gasteiger partial charge in [0.2, 0.25) is 0 Å². The lowest BCUT2D eigenvalue weighted by atomic mass is 9.83. The number of nitrogens with one attached hydrogen (secondary N) is 1. The van der Waals surface area contributed by atoms with Gasteiger partial charge in [-0.1, -0.05) is 26.2 Å². The number of rotatable bonds is 2. The van der Waals surface area contributed by atoms with Gasteiger partial charge in [-0.05, 0) is 25.2 Å². The fraction of sp³-hybridized carbons (Fsp3) is 0.917. The first-order valence-electron chi connectivity index (χ1n) is 6.15. The van der Waals surface area contributed by atoms with Gasteiger partial charge >= 0.3 is 0 Å². The molecule has 2 heteroatoms. The molecule has 1 aliphatic heterocycles. The number of nitrogens with zero attached hydrogens (tertiary/aromatic N) is 1. The van der Waals surface area contributed by atoms with Crippen LogP contribution in [0.5, 0.6) is 0 Å². The zero-order chi connectivity index (χ0) is 9.97. The van der Waals surface area contributed by atoms with Crippen molar-refractivity contribution in [2.75, 3.05) is 6.54 Å². The molecule has 14 heavy (non-hydrogen) atoms. The summed E-state index contributed by atoms with van der Waals surface area (Å²) in [7, 11) is 0. The Kier molecular flexibility index (Phi) is 3.09. The van der Waals surface area contributed by atoms with Crippen LogP contribution >= 0.6 is 0 Å². The molecule has 0 radical (unpaired) electrons. The van der Waals surface area contributed by atoms with Gasteiger partial charge in [0.05, 0.1) is 5.84 Å². The molecular weight excluding hydrogens is 172 g/mol. The van der Waals surface area contributed by atoms with Crippen molar-refractivity contribution in [1.29, 1.82) is 5.41 Å². The fourth-order valence-electron chi connectivity index (χ4n) is 3.01. The first-order valence-corrected chi connectivity index (χ1v) is 6.15. The van der Waals surface area contributed by atoms with Crippen molar-refractivity contribution >= 4 is 5.84 Å². The summed E-state index contributed by atoms with van der Waals surface area (Å²) in [4.78, 5) is 2.38. The Bertz CT molecular complexity index is 212. The number of likely N-dealkylation sites (tertiary alicyclic amines) is 1. The molecule has 2 fully saturated rings. The summed E-state index contributed by atoms with van der Waals surface area (Å²) in [5.74, 6) is 1.84. The van der Waals surface area contributed by atoms with E-state index in [-0.39, 0.29) is 0 Å². The zero-order valence-corrected chi connectivity index (χ0v) is 9.26. The van der Waals surface area contributed by atoms with Gasteiger partial charge in [0.15, 0.2) is 0 Å². The number of hydrogen-bond donors (Lipinski definition) is 1. The van der Waals surface area contributed by atoms with Crippen molar-refractivity contribution in [2.45, 2.75) is 57.9 Å². The highest BCUT2D eigenvalue weighted by molar-refractivity contribution is 5.81. The van der Waals surface area contributed by atoms with Crippen LogP contribution in [0.15, 0.2) is 0 Å². The van der Waals surface area contributed by atoms with E-state index in [1.165, 1.54) is 38.5 Å². The number of amidine groups is 1. The molecule has 2 unspecified atom stereocenters. The molecule has 2 atom stereocenters. The summed E-state index contributed by atoms with van der Waals surface area (Å²) < 4.78 is 0. The SMILES string of the molecule is CCC1CCCC(N2CCCC2=N)C1. The highest BCUT2D eigenvalue weighted by Gasteiger charge is 2.29. The minimum absolute atomic E-state index is 0.712. The average Bonchev–Trinajstić information content (AvgIpc) is 2.65. The molecule has 0 aromatic carbocycles. The fourth-order valence-corrected chi connectivity index (χ4v) is 3.01. The quantitative estimate of drug-likeness (QED) is 0.718. The van der Waals surface area contributed by atoms with Gasteiger partial charge in [-0.25, -0.2) is 0 Å². The summed E-state index contributed by atoms with van der Waals surface area (Å²) >= 11 is 0. The third-order valence-corrected chi connectivity index (χ3v) is 3.93. The van der Waals surface area contributed by atoms with E-state index in [0.29, 0.717) is 6.04 Å². The molecule has 2 nitrogen and oxygen atoms in total. The van der Waals surface area contributed by atoms with Crippen LogP contribution in [-0.4, -0.2) is 23.3 Å². The largest absolute Gasteiger partial charge is 0.358 e. The van der Waals surface area contributed by atoms with Crippen LogP contribution in [0.2, 0.25) is 0 Å². The van der Waals surface area contributed by atoms with Crippen LogP contribution in [0.4, 0.5) is 0 Å². The summed E-state index contributed by atoms with van der Waals surface area (Å²) in [5.41, 5.74) is 0. The van der Waals surface area contributed by atoms with Crippen molar-refractivity contribution in [3.63, 3.8) is 0 Å². The van der Waals surface area contributed by atoms with Crippen LogP contribution in [0, 0.1) is 11.3 Å². The van der Waals surface area contributed by atoms with Crippen molar-refractivity contribution in [2.24, 2.45) is 5.92 Å². The van der Waals surface area contributed by atoms with Crippen molar-refractivity contribution in [3.8, 4) is 0 Å². The van der Waals surface area contributed by atoms with Gasteiger partial charge in [0.25, 0.3) is 0 Å². The summed E-state index contributed by atoms with van der Waals surface area (Å²) in [6, 6.07) is 0.712. The van der Waals surface area contributed by atoms with Crippen LogP contribution in [0.3, 0.4) is 0 Å². The Hall–Kier alpha value is -0.530. The second-order valence-electron chi connectivity index (χ2n) is 4.84. The highest BCUT2D eigenvalue weighted by Crippen LogP contribution is 2.31. The van der Waals surface area contributed by atoms with Crippen LogP contribution in [-0.2, 0) is 0 Å². The Morgan fingerprint density at radius 1 is 1.36 bits per heavy atom. The first-order chi connectivity index (χ1) is 6.81. The maximum atomic E-state index is 7.89. The summed E-state index contributed by atoms with van der Waals surface area (Å²) in [6.07, 6.45) is 9.05.